The summed E-state index contributed by atoms with van der Waals surface area (Å²) in [4.78, 5) is 25.1. The summed E-state index contributed by atoms with van der Waals surface area (Å²) >= 11 is 0. The second kappa shape index (κ2) is 7.20. The zero-order valence-electron chi connectivity index (χ0n) is 14.7. The molecule has 4 rings (SSSR count). The molecular weight excluding hydrogens is 326 g/mol. The van der Waals surface area contributed by atoms with E-state index in [2.05, 4.69) is 16.0 Å². The molecule has 1 saturated carbocycles. The van der Waals surface area contributed by atoms with Crippen molar-refractivity contribution in [1.82, 2.24) is 5.32 Å². The van der Waals surface area contributed by atoms with Crippen LogP contribution in [0.2, 0.25) is 0 Å². The van der Waals surface area contributed by atoms with Crippen molar-refractivity contribution in [3.63, 3.8) is 0 Å². The van der Waals surface area contributed by atoms with Gasteiger partial charge in [-0.25, -0.2) is 0 Å². The standard InChI is InChI=1S/C21H23N3O2/c25-20(22-15-7-3-1-2-4-8-15)14-11-12-18-19(13-14)24-21(26)16-9-5-6-10-17(16)23-18/h5-6,9-13,15,23H,1-4,7-8H2,(H,22,25)(H,24,26). The Hall–Kier alpha value is -2.82. The summed E-state index contributed by atoms with van der Waals surface area (Å²) in [6, 6.07) is 13.0. The molecule has 0 unspecified atom stereocenters. The average molecular weight is 349 g/mol. The van der Waals surface area contributed by atoms with Crippen LogP contribution < -0.4 is 16.0 Å². The number of nitrogens with one attached hydrogen (secondary N) is 3. The molecule has 0 bridgehead atoms. The predicted molar refractivity (Wildman–Crippen MR) is 103 cm³/mol. The highest BCUT2D eigenvalue weighted by molar-refractivity contribution is 6.12. The summed E-state index contributed by atoms with van der Waals surface area (Å²) < 4.78 is 0. The van der Waals surface area contributed by atoms with Gasteiger partial charge in [0.05, 0.1) is 22.6 Å². The SMILES string of the molecule is O=C(NC1CCCCCC1)c1ccc2c(c1)NC(=O)c1ccccc1N2. The molecule has 0 atom stereocenters. The van der Waals surface area contributed by atoms with Gasteiger partial charge < -0.3 is 16.0 Å². The zero-order valence-corrected chi connectivity index (χ0v) is 14.7. The third-order valence-electron chi connectivity index (χ3n) is 5.16. The maximum atomic E-state index is 12.7. The number of anilines is 3. The number of benzene rings is 2. The summed E-state index contributed by atoms with van der Waals surface area (Å²) in [7, 11) is 0. The number of rotatable bonds is 2. The molecule has 1 aliphatic carbocycles. The third-order valence-corrected chi connectivity index (χ3v) is 5.16. The van der Waals surface area contributed by atoms with Crippen molar-refractivity contribution in [2.75, 3.05) is 10.6 Å². The lowest BCUT2D eigenvalue weighted by Gasteiger charge is -2.17. The summed E-state index contributed by atoms with van der Waals surface area (Å²) in [5.41, 5.74) is 3.34. The van der Waals surface area contributed by atoms with Crippen molar-refractivity contribution < 1.29 is 9.59 Å². The van der Waals surface area contributed by atoms with Gasteiger partial charge in [0.15, 0.2) is 0 Å². The van der Waals surface area contributed by atoms with E-state index in [1.807, 2.05) is 24.3 Å². The topological polar surface area (TPSA) is 70.2 Å². The van der Waals surface area contributed by atoms with E-state index in [0.717, 1.165) is 24.2 Å². The smallest absolute Gasteiger partial charge is 0.257 e. The molecule has 26 heavy (non-hydrogen) atoms. The highest BCUT2D eigenvalue weighted by Crippen LogP contribution is 2.32. The average Bonchev–Trinajstić information content (AvgIpc) is 2.98. The molecule has 0 saturated heterocycles. The monoisotopic (exact) mass is 349 g/mol. The fourth-order valence-electron chi connectivity index (χ4n) is 3.72. The van der Waals surface area contributed by atoms with Crippen LogP contribution in [0, 0.1) is 0 Å². The summed E-state index contributed by atoms with van der Waals surface area (Å²) in [6.07, 6.45) is 6.95. The van der Waals surface area contributed by atoms with Crippen LogP contribution in [0.5, 0.6) is 0 Å². The van der Waals surface area contributed by atoms with Crippen LogP contribution >= 0.6 is 0 Å². The predicted octanol–water partition coefficient (Wildman–Crippen LogP) is 4.45. The Balaban J connectivity index is 1.55. The Morgan fingerprint density at radius 2 is 1.65 bits per heavy atom. The van der Waals surface area contributed by atoms with E-state index in [1.165, 1.54) is 25.7 Å². The molecule has 1 fully saturated rings. The van der Waals surface area contributed by atoms with Gasteiger partial charge >= 0.3 is 0 Å². The van der Waals surface area contributed by atoms with Crippen LogP contribution in [0.25, 0.3) is 0 Å². The van der Waals surface area contributed by atoms with Crippen LogP contribution in [-0.2, 0) is 0 Å². The number of hydrogen-bond donors (Lipinski definition) is 3. The van der Waals surface area contributed by atoms with E-state index >= 15 is 0 Å². The summed E-state index contributed by atoms with van der Waals surface area (Å²) in [5, 5.41) is 9.33. The van der Waals surface area contributed by atoms with Crippen LogP contribution in [0.1, 0.15) is 59.2 Å². The highest BCUT2D eigenvalue weighted by atomic mass is 16.2. The lowest BCUT2D eigenvalue weighted by molar-refractivity contribution is 0.0932. The van der Waals surface area contributed by atoms with Crippen molar-refractivity contribution in [3.8, 4) is 0 Å². The van der Waals surface area contributed by atoms with E-state index < -0.39 is 0 Å². The number of amides is 2. The molecule has 0 spiro atoms. The maximum Gasteiger partial charge on any atom is 0.257 e. The molecule has 2 aromatic carbocycles. The van der Waals surface area contributed by atoms with Crippen LogP contribution in [-0.4, -0.2) is 17.9 Å². The van der Waals surface area contributed by atoms with Crippen molar-refractivity contribution >= 4 is 28.9 Å². The second-order valence-electron chi connectivity index (χ2n) is 7.05. The van der Waals surface area contributed by atoms with Gasteiger partial charge in [0.25, 0.3) is 11.8 Å². The third kappa shape index (κ3) is 3.43. The van der Waals surface area contributed by atoms with E-state index in [1.54, 1.807) is 18.2 Å². The van der Waals surface area contributed by atoms with Crippen molar-refractivity contribution in [2.24, 2.45) is 0 Å². The highest BCUT2D eigenvalue weighted by Gasteiger charge is 2.21. The molecule has 1 aliphatic heterocycles. The quantitative estimate of drug-likeness (QED) is 0.702. The maximum absolute atomic E-state index is 12.7. The fourth-order valence-corrected chi connectivity index (χ4v) is 3.72. The Bertz CT molecular complexity index is 839. The van der Waals surface area contributed by atoms with Crippen LogP contribution in [0.3, 0.4) is 0 Å². The number of carbonyl (C=O) groups is 2. The van der Waals surface area contributed by atoms with E-state index in [4.69, 9.17) is 0 Å². The fraction of sp³-hybridized carbons (Fsp3) is 0.333. The van der Waals surface area contributed by atoms with Crippen molar-refractivity contribution in [3.05, 3.63) is 53.6 Å². The first-order chi connectivity index (χ1) is 12.7. The molecular formula is C21H23N3O2. The van der Waals surface area contributed by atoms with E-state index in [-0.39, 0.29) is 17.9 Å². The van der Waals surface area contributed by atoms with Gasteiger partial charge in [0.1, 0.15) is 0 Å². The van der Waals surface area contributed by atoms with Gasteiger partial charge in [0.2, 0.25) is 0 Å². The molecule has 1 heterocycles. The summed E-state index contributed by atoms with van der Waals surface area (Å²) in [5.74, 6) is -0.246. The Morgan fingerprint density at radius 1 is 0.885 bits per heavy atom. The minimum Gasteiger partial charge on any atom is -0.353 e. The van der Waals surface area contributed by atoms with E-state index in [9.17, 15) is 9.59 Å². The Labute approximate surface area is 153 Å². The Morgan fingerprint density at radius 3 is 2.46 bits per heavy atom. The Kier molecular flexibility index (Phi) is 4.61. The molecule has 134 valence electrons. The minimum atomic E-state index is -0.173. The van der Waals surface area contributed by atoms with Gasteiger partial charge in [-0.2, -0.15) is 0 Å². The summed E-state index contributed by atoms with van der Waals surface area (Å²) in [6.45, 7) is 0. The number of carbonyl (C=O) groups excluding carboxylic acids is 2. The largest absolute Gasteiger partial charge is 0.353 e. The van der Waals surface area contributed by atoms with Gasteiger partial charge in [-0.3, -0.25) is 9.59 Å². The lowest BCUT2D eigenvalue weighted by Crippen LogP contribution is -2.34. The second-order valence-corrected chi connectivity index (χ2v) is 7.05. The van der Waals surface area contributed by atoms with Gasteiger partial charge in [0, 0.05) is 11.6 Å². The molecule has 2 aliphatic rings. The normalized spacial score (nSPS) is 17.0. The van der Waals surface area contributed by atoms with Gasteiger partial charge in [-0.15, -0.1) is 0 Å². The number of fused-ring (bicyclic) bond motifs is 2. The van der Waals surface area contributed by atoms with Gasteiger partial charge in [-0.05, 0) is 43.2 Å². The van der Waals surface area contributed by atoms with Crippen LogP contribution in [0.4, 0.5) is 17.1 Å². The molecule has 3 N–H and O–H groups in total. The molecule has 0 radical (unpaired) electrons. The first kappa shape index (κ1) is 16.6. The van der Waals surface area contributed by atoms with Crippen molar-refractivity contribution in [2.45, 2.75) is 44.6 Å². The molecule has 2 amide bonds. The zero-order chi connectivity index (χ0) is 17.9. The molecule has 5 heteroatoms. The lowest BCUT2D eigenvalue weighted by atomic mass is 10.1. The minimum absolute atomic E-state index is 0.0734. The molecule has 0 aromatic heterocycles. The van der Waals surface area contributed by atoms with Gasteiger partial charge in [-0.1, -0.05) is 37.8 Å². The first-order valence-electron chi connectivity index (χ1n) is 9.33. The molecule has 2 aromatic rings. The van der Waals surface area contributed by atoms with Crippen molar-refractivity contribution in [1.29, 1.82) is 0 Å². The first-order valence-corrected chi connectivity index (χ1v) is 9.33. The number of para-hydroxylation sites is 1. The van der Waals surface area contributed by atoms with Crippen LogP contribution in [0.15, 0.2) is 42.5 Å². The van der Waals surface area contributed by atoms with E-state index in [0.29, 0.717) is 16.8 Å². The molecule has 5 nitrogen and oxygen atoms in total. The number of hydrogen-bond acceptors (Lipinski definition) is 3.